The summed E-state index contributed by atoms with van der Waals surface area (Å²) in [6, 6.07) is 2.59. The molecule has 1 aliphatic carbocycles. The summed E-state index contributed by atoms with van der Waals surface area (Å²) in [5, 5.41) is 16.3. The Labute approximate surface area is 167 Å². The maximum Gasteiger partial charge on any atom is 0.433 e. The van der Waals surface area contributed by atoms with Crippen LogP contribution in [-0.4, -0.2) is 46.2 Å². The van der Waals surface area contributed by atoms with Crippen molar-refractivity contribution in [1.29, 1.82) is 0 Å². The maximum atomic E-state index is 13.3. The van der Waals surface area contributed by atoms with Crippen molar-refractivity contribution in [2.75, 3.05) is 4.90 Å². The Morgan fingerprint density at radius 2 is 1.97 bits per heavy atom. The normalized spacial score (nSPS) is 18.9. The molecular formula is C17H15F3N10. The number of aromatic nitrogens is 8. The van der Waals surface area contributed by atoms with E-state index in [2.05, 4.69) is 35.5 Å². The van der Waals surface area contributed by atoms with Crippen LogP contribution in [0.25, 0.3) is 11.4 Å². The number of alkyl halides is 3. The molecule has 5 rings (SSSR count). The molecule has 1 unspecified atom stereocenters. The van der Waals surface area contributed by atoms with Gasteiger partial charge >= 0.3 is 6.18 Å². The topological polar surface area (TPSA) is 103 Å². The maximum absolute atomic E-state index is 13.3. The van der Waals surface area contributed by atoms with Gasteiger partial charge in [0.15, 0.2) is 5.82 Å². The van der Waals surface area contributed by atoms with Crippen LogP contribution in [0.3, 0.4) is 0 Å². The number of pyridine rings is 1. The molecule has 0 aromatic carbocycles. The van der Waals surface area contributed by atoms with E-state index >= 15 is 0 Å². The molecule has 154 valence electrons. The highest BCUT2D eigenvalue weighted by molar-refractivity contribution is 5.73. The van der Waals surface area contributed by atoms with Gasteiger partial charge in [0.25, 0.3) is 5.95 Å². The molecule has 1 aliphatic heterocycles. The summed E-state index contributed by atoms with van der Waals surface area (Å²) in [5.74, 6) is 0.507. The molecule has 0 bridgehead atoms. The third kappa shape index (κ3) is 3.42. The van der Waals surface area contributed by atoms with Crippen molar-refractivity contribution >= 4 is 12.2 Å². The summed E-state index contributed by atoms with van der Waals surface area (Å²) < 4.78 is 41.4. The van der Waals surface area contributed by atoms with Gasteiger partial charge in [-0.25, -0.2) is 19.6 Å². The first-order valence-corrected chi connectivity index (χ1v) is 9.11. The molecule has 0 N–H and O–H groups in total. The van der Waals surface area contributed by atoms with Crippen LogP contribution >= 0.6 is 0 Å². The number of rotatable bonds is 4. The summed E-state index contributed by atoms with van der Waals surface area (Å²) in [6.07, 6.45) is 2.82. The fraction of sp³-hybridized carbons (Fsp3) is 0.353. The quantitative estimate of drug-likeness (QED) is 0.643. The minimum Gasteiger partial charge on any atom is -0.272 e. The first-order valence-electron chi connectivity index (χ1n) is 9.11. The van der Waals surface area contributed by atoms with E-state index in [1.165, 1.54) is 15.8 Å². The molecule has 2 aliphatic rings. The number of allylic oxidation sites excluding steroid dienone is 1. The summed E-state index contributed by atoms with van der Waals surface area (Å²) in [5.41, 5.74) is -0.264. The van der Waals surface area contributed by atoms with Gasteiger partial charge in [-0.2, -0.15) is 18.0 Å². The highest BCUT2D eigenvalue weighted by Crippen LogP contribution is 2.41. The standard InChI is InChI=1S/C17H15F3N10/c1-28-26-15(24-27-28)29-6-2-5-21-16(29)30-9-22-14(25-30)11-7-12(10-3-4-10)23-13(8-11)17(18,19)20/h2,5-10,16H,3-4H2,1H3. The molecule has 1 atom stereocenters. The zero-order valence-corrected chi connectivity index (χ0v) is 15.6. The highest BCUT2D eigenvalue weighted by Gasteiger charge is 2.36. The molecule has 3 aromatic rings. The largest absolute Gasteiger partial charge is 0.433 e. The van der Waals surface area contributed by atoms with Gasteiger partial charge in [0.1, 0.15) is 12.0 Å². The van der Waals surface area contributed by atoms with E-state index in [0.29, 0.717) is 11.6 Å². The van der Waals surface area contributed by atoms with Gasteiger partial charge in [0, 0.05) is 29.6 Å². The smallest absolute Gasteiger partial charge is 0.272 e. The van der Waals surface area contributed by atoms with E-state index in [1.807, 2.05) is 0 Å². The van der Waals surface area contributed by atoms with Crippen LogP contribution in [0.1, 0.15) is 36.4 Å². The van der Waals surface area contributed by atoms with E-state index < -0.39 is 18.2 Å². The lowest BCUT2D eigenvalue weighted by atomic mass is 10.1. The van der Waals surface area contributed by atoms with Crippen molar-refractivity contribution in [3.63, 3.8) is 0 Å². The van der Waals surface area contributed by atoms with Crippen LogP contribution in [-0.2, 0) is 13.2 Å². The predicted octanol–water partition coefficient (Wildman–Crippen LogP) is 2.32. The molecule has 4 heterocycles. The number of aliphatic imine (C=N–C) groups is 1. The number of halogens is 3. The molecule has 0 radical (unpaired) electrons. The van der Waals surface area contributed by atoms with Gasteiger partial charge in [0.2, 0.25) is 6.29 Å². The molecule has 10 nitrogen and oxygen atoms in total. The summed E-state index contributed by atoms with van der Waals surface area (Å²) in [6.45, 7) is 0. The van der Waals surface area contributed by atoms with Crippen LogP contribution in [0.15, 0.2) is 35.7 Å². The molecule has 1 saturated carbocycles. The number of aryl methyl sites for hydroxylation is 1. The minimum atomic E-state index is -4.55. The Balaban J connectivity index is 1.50. The zero-order chi connectivity index (χ0) is 20.9. The van der Waals surface area contributed by atoms with Gasteiger partial charge in [-0.1, -0.05) is 5.10 Å². The number of hydrogen-bond acceptors (Lipinski definition) is 8. The molecule has 30 heavy (non-hydrogen) atoms. The van der Waals surface area contributed by atoms with Gasteiger partial charge in [-0.3, -0.25) is 4.90 Å². The van der Waals surface area contributed by atoms with Crippen molar-refractivity contribution in [3.8, 4) is 11.4 Å². The average Bonchev–Trinajstić information content (AvgIpc) is 3.30. The SMILES string of the molecule is Cn1nnc(N2C=CC=NC2n2cnc(-c3cc(C4CC4)nc(C(F)(F)F)c3)n2)n1. The average molecular weight is 416 g/mol. The second-order valence-electron chi connectivity index (χ2n) is 6.96. The minimum absolute atomic E-state index is 0.0550. The first-order chi connectivity index (χ1) is 14.4. The lowest BCUT2D eigenvalue weighted by molar-refractivity contribution is -0.141. The third-order valence-corrected chi connectivity index (χ3v) is 4.66. The number of anilines is 1. The van der Waals surface area contributed by atoms with E-state index in [0.717, 1.165) is 18.9 Å². The first kappa shape index (κ1) is 18.4. The summed E-state index contributed by atoms with van der Waals surface area (Å²) in [7, 11) is 1.63. The molecule has 0 spiro atoms. The van der Waals surface area contributed by atoms with Gasteiger partial charge < -0.3 is 0 Å². The van der Waals surface area contributed by atoms with E-state index in [1.54, 1.807) is 36.5 Å². The Kier molecular flexibility index (Phi) is 4.11. The molecule has 0 saturated heterocycles. The van der Waals surface area contributed by atoms with Crippen LogP contribution in [0.2, 0.25) is 0 Å². The van der Waals surface area contributed by atoms with Crippen LogP contribution in [0, 0.1) is 0 Å². The molecule has 1 fully saturated rings. The van der Waals surface area contributed by atoms with Crippen LogP contribution in [0.4, 0.5) is 19.1 Å². The van der Waals surface area contributed by atoms with Crippen LogP contribution < -0.4 is 4.90 Å². The van der Waals surface area contributed by atoms with E-state index in [-0.39, 0.29) is 17.3 Å². The Bertz CT molecular complexity index is 1140. The van der Waals surface area contributed by atoms with Crippen molar-refractivity contribution in [3.05, 3.63) is 42.1 Å². The zero-order valence-electron chi connectivity index (χ0n) is 15.6. The Morgan fingerprint density at radius 1 is 1.13 bits per heavy atom. The highest BCUT2D eigenvalue weighted by atomic mass is 19.4. The second kappa shape index (κ2) is 6.71. The van der Waals surface area contributed by atoms with Gasteiger partial charge in [-0.15, -0.1) is 10.2 Å². The van der Waals surface area contributed by atoms with E-state index in [9.17, 15) is 13.2 Å². The third-order valence-electron chi connectivity index (χ3n) is 4.66. The molecule has 0 amide bonds. The van der Waals surface area contributed by atoms with Crippen molar-refractivity contribution < 1.29 is 13.2 Å². The number of tetrazole rings is 1. The summed E-state index contributed by atoms with van der Waals surface area (Å²) in [4.78, 5) is 15.3. The van der Waals surface area contributed by atoms with Gasteiger partial charge in [0.05, 0.1) is 7.05 Å². The lowest BCUT2D eigenvalue weighted by Gasteiger charge is -2.25. The van der Waals surface area contributed by atoms with Crippen LogP contribution in [0.5, 0.6) is 0 Å². The molecular weight excluding hydrogens is 401 g/mol. The second-order valence-corrected chi connectivity index (χ2v) is 6.96. The van der Waals surface area contributed by atoms with E-state index in [4.69, 9.17) is 0 Å². The fourth-order valence-electron chi connectivity index (χ4n) is 3.08. The fourth-order valence-corrected chi connectivity index (χ4v) is 3.08. The lowest BCUT2D eigenvalue weighted by Crippen LogP contribution is -2.30. The monoisotopic (exact) mass is 416 g/mol. The molecule has 13 heteroatoms. The van der Waals surface area contributed by atoms with Crippen molar-refractivity contribution in [1.82, 2.24) is 40.0 Å². The number of nitrogens with zero attached hydrogens (tertiary/aromatic N) is 10. The Morgan fingerprint density at radius 3 is 2.67 bits per heavy atom. The van der Waals surface area contributed by atoms with Crippen molar-refractivity contribution in [2.45, 2.75) is 31.2 Å². The van der Waals surface area contributed by atoms with Gasteiger partial charge in [-0.05, 0) is 36.3 Å². The number of hydrogen-bond donors (Lipinski definition) is 0. The summed E-state index contributed by atoms with van der Waals surface area (Å²) >= 11 is 0. The predicted molar refractivity (Wildman–Crippen MR) is 98.2 cm³/mol. The van der Waals surface area contributed by atoms with Crippen molar-refractivity contribution in [2.24, 2.45) is 12.0 Å². The molecule has 3 aromatic heterocycles. The Hall–Kier alpha value is -3.64.